The van der Waals surface area contributed by atoms with E-state index in [1.807, 2.05) is 40.7 Å². The highest BCUT2D eigenvalue weighted by Gasteiger charge is 2.28. The van der Waals surface area contributed by atoms with Gasteiger partial charge in [0.2, 0.25) is 5.91 Å². The molecule has 124 valence electrons. The summed E-state index contributed by atoms with van der Waals surface area (Å²) < 4.78 is 4.07. The van der Waals surface area contributed by atoms with Crippen LogP contribution in [0.1, 0.15) is 31.5 Å². The molecule has 0 saturated carbocycles. The Balaban J connectivity index is 1.58. The molecule has 1 aliphatic heterocycles. The van der Waals surface area contributed by atoms with Crippen molar-refractivity contribution in [2.24, 2.45) is 0 Å². The second-order valence-electron chi connectivity index (χ2n) is 6.11. The number of amides is 1. The third kappa shape index (κ3) is 2.28. The monoisotopic (exact) mass is 324 g/mol. The van der Waals surface area contributed by atoms with Gasteiger partial charge >= 0.3 is 0 Å². The van der Waals surface area contributed by atoms with Crippen molar-refractivity contribution in [2.75, 3.05) is 6.54 Å². The molecule has 3 heterocycles. The topological polar surface area (TPSA) is 68.8 Å². The minimum absolute atomic E-state index is 0.0884. The van der Waals surface area contributed by atoms with Gasteiger partial charge in [0.15, 0.2) is 5.82 Å². The van der Waals surface area contributed by atoms with Crippen molar-refractivity contribution >= 4 is 16.9 Å². The molecule has 1 aromatic carbocycles. The molecule has 3 aromatic rings. The largest absolute Gasteiger partial charge is 0.332 e. The standard InChI is InChI=1S/C17H20N6O/c1-3-15-19-20-16-10-21(8-9-22(15)16)17(24)12(2)23-11-18-13-6-4-5-7-14(13)23/h4-7,11-12H,3,8-10H2,1-2H3/t12-/m0/s1. The Bertz CT molecular complexity index is 896. The number of para-hydroxylation sites is 2. The summed E-state index contributed by atoms with van der Waals surface area (Å²) in [5.41, 5.74) is 1.88. The molecule has 1 atom stereocenters. The van der Waals surface area contributed by atoms with Crippen molar-refractivity contribution in [1.29, 1.82) is 0 Å². The van der Waals surface area contributed by atoms with Crippen molar-refractivity contribution in [3.63, 3.8) is 0 Å². The van der Waals surface area contributed by atoms with E-state index in [0.717, 1.165) is 35.6 Å². The number of aromatic nitrogens is 5. The van der Waals surface area contributed by atoms with Crippen LogP contribution in [0.2, 0.25) is 0 Å². The molecule has 0 saturated heterocycles. The van der Waals surface area contributed by atoms with Crippen LogP contribution >= 0.6 is 0 Å². The summed E-state index contributed by atoms with van der Waals surface area (Å²) in [5.74, 6) is 1.95. The first-order valence-electron chi connectivity index (χ1n) is 8.30. The van der Waals surface area contributed by atoms with Crippen LogP contribution < -0.4 is 0 Å². The van der Waals surface area contributed by atoms with Gasteiger partial charge in [0.05, 0.1) is 23.9 Å². The molecule has 4 rings (SSSR count). The van der Waals surface area contributed by atoms with Gasteiger partial charge in [-0.3, -0.25) is 4.79 Å². The number of carbonyl (C=O) groups excluding carboxylic acids is 1. The van der Waals surface area contributed by atoms with Crippen LogP contribution in [0, 0.1) is 0 Å². The maximum atomic E-state index is 12.9. The molecule has 0 N–H and O–H groups in total. The highest BCUT2D eigenvalue weighted by atomic mass is 16.2. The van der Waals surface area contributed by atoms with Gasteiger partial charge in [-0.05, 0) is 19.1 Å². The van der Waals surface area contributed by atoms with Gasteiger partial charge in [0.1, 0.15) is 11.9 Å². The van der Waals surface area contributed by atoms with Crippen LogP contribution in [0.4, 0.5) is 0 Å². The molecule has 1 amide bonds. The molecule has 0 unspecified atom stereocenters. The fourth-order valence-electron chi connectivity index (χ4n) is 3.34. The van der Waals surface area contributed by atoms with E-state index in [0.29, 0.717) is 13.1 Å². The van der Waals surface area contributed by atoms with Crippen LogP contribution in [0.15, 0.2) is 30.6 Å². The van der Waals surface area contributed by atoms with Crippen molar-refractivity contribution < 1.29 is 4.79 Å². The first-order chi connectivity index (χ1) is 11.7. The minimum atomic E-state index is -0.294. The summed E-state index contributed by atoms with van der Waals surface area (Å²) in [6, 6.07) is 7.57. The number of rotatable bonds is 3. The van der Waals surface area contributed by atoms with Crippen LogP contribution in [-0.4, -0.2) is 41.7 Å². The average Bonchev–Trinajstić information content (AvgIpc) is 3.23. The Morgan fingerprint density at radius 3 is 2.92 bits per heavy atom. The molecular weight excluding hydrogens is 304 g/mol. The van der Waals surface area contributed by atoms with Gasteiger partial charge in [-0.15, -0.1) is 10.2 Å². The molecular formula is C17H20N6O. The number of hydrogen-bond acceptors (Lipinski definition) is 4. The lowest BCUT2D eigenvalue weighted by Crippen LogP contribution is -2.41. The molecule has 24 heavy (non-hydrogen) atoms. The second-order valence-corrected chi connectivity index (χ2v) is 6.11. The summed E-state index contributed by atoms with van der Waals surface area (Å²) in [7, 11) is 0. The summed E-state index contributed by atoms with van der Waals surface area (Å²) in [4.78, 5) is 19.2. The van der Waals surface area contributed by atoms with Crippen LogP contribution in [0.5, 0.6) is 0 Å². The van der Waals surface area contributed by atoms with Gasteiger partial charge < -0.3 is 14.0 Å². The second kappa shape index (κ2) is 5.74. The maximum absolute atomic E-state index is 12.9. The quantitative estimate of drug-likeness (QED) is 0.736. The predicted octanol–water partition coefficient (Wildman–Crippen LogP) is 1.79. The first kappa shape index (κ1) is 14.9. The number of benzene rings is 1. The van der Waals surface area contributed by atoms with Crippen LogP contribution in [0.3, 0.4) is 0 Å². The molecule has 0 aliphatic carbocycles. The maximum Gasteiger partial charge on any atom is 0.245 e. The van der Waals surface area contributed by atoms with E-state index in [1.54, 1.807) is 6.33 Å². The normalized spacial score (nSPS) is 15.5. The van der Waals surface area contributed by atoms with Crippen LogP contribution in [0.25, 0.3) is 11.0 Å². The fourth-order valence-corrected chi connectivity index (χ4v) is 3.34. The molecule has 0 spiro atoms. The van der Waals surface area contributed by atoms with Crippen molar-refractivity contribution in [3.8, 4) is 0 Å². The lowest BCUT2D eigenvalue weighted by molar-refractivity contribution is -0.135. The Morgan fingerprint density at radius 2 is 2.08 bits per heavy atom. The molecule has 0 fully saturated rings. The van der Waals surface area contributed by atoms with Gasteiger partial charge in [-0.25, -0.2) is 4.98 Å². The molecule has 2 aromatic heterocycles. The Morgan fingerprint density at radius 1 is 1.25 bits per heavy atom. The molecule has 0 radical (unpaired) electrons. The lowest BCUT2D eigenvalue weighted by atomic mass is 10.2. The summed E-state index contributed by atoms with van der Waals surface area (Å²) >= 11 is 0. The smallest absolute Gasteiger partial charge is 0.245 e. The Hall–Kier alpha value is -2.70. The molecule has 7 heteroatoms. The SMILES string of the molecule is CCc1nnc2n1CCN(C(=O)[C@H](C)n1cnc3ccccc31)C2. The lowest BCUT2D eigenvalue weighted by Gasteiger charge is -2.30. The zero-order valence-corrected chi connectivity index (χ0v) is 13.9. The number of carbonyl (C=O) groups is 1. The van der Waals surface area contributed by atoms with Gasteiger partial charge in [0.25, 0.3) is 0 Å². The number of nitrogens with zero attached hydrogens (tertiary/aromatic N) is 6. The highest BCUT2D eigenvalue weighted by Crippen LogP contribution is 2.21. The van der Waals surface area contributed by atoms with E-state index in [-0.39, 0.29) is 11.9 Å². The van der Waals surface area contributed by atoms with Crippen molar-refractivity contribution in [3.05, 3.63) is 42.2 Å². The van der Waals surface area contributed by atoms with E-state index in [4.69, 9.17) is 0 Å². The fraction of sp³-hybridized carbons (Fsp3) is 0.412. The minimum Gasteiger partial charge on any atom is -0.332 e. The third-order valence-corrected chi connectivity index (χ3v) is 4.71. The van der Waals surface area contributed by atoms with E-state index in [9.17, 15) is 4.79 Å². The van der Waals surface area contributed by atoms with Crippen LogP contribution in [-0.2, 0) is 24.3 Å². The average molecular weight is 324 g/mol. The van der Waals surface area contributed by atoms with Gasteiger partial charge in [-0.1, -0.05) is 19.1 Å². The van der Waals surface area contributed by atoms with E-state index in [1.165, 1.54) is 0 Å². The van der Waals surface area contributed by atoms with E-state index in [2.05, 4.69) is 26.7 Å². The Kier molecular flexibility index (Phi) is 3.55. The molecule has 0 bridgehead atoms. The number of imidazole rings is 1. The first-order valence-corrected chi connectivity index (χ1v) is 8.30. The zero-order chi connectivity index (χ0) is 16.7. The summed E-state index contributed by atoms with van der Waals surface area (Å²) in [6.07, 6.45) is 2.60. The van der Waals surface area contributed by atoms with Gasteiger partial charge in [-0.2, -0.15) is 0 Å². The van der Waals surface area contributed by atoms with E-state index < -0.39 is 0 Å². The van der Waals surface area contributed by atoms with Crippen molar-refractivity contribution in [2.45, 2.75) is 39.4 Å². The summed E-state index contributed by atoms with van der Waals surface area (Å²) in [5, 5.41) is 8.44. The molecule has 7 nitrogen and oxygen atoms in total. The summed E-state index contributed by atoms with van der Waals surface area (Å²) in [6.45, 7) is 5.96. The number of fused-ring (bicyclic) bond motifs is 2. The molecule has 1 aliphatic rings. The number of aryl methyl sites for hydroxylation is 1. The van der Waals surface area contributed by atoms with Crippen molar-refractivity contribution in [1.82, 2.24) is 29.2 Å². The zero-order valence-electron chi connectivity index (χ0n) is 13.9. The Labute approximate surface area is 139 Å². The predicted molar refractivity (Wildman–Crippen MR) is 89.3 cm³/mol. The third-order valence-electron chi connectivity index (χ3n) is 4.71. The number of hydrogen-bond donors (Lipinski definition) is 0. The van der Waals surface area contributed by atoms with E-state index >= 15 is 0 Å². The highest BCUT2D eigenvalue weighted by molar-refractivity contribution is 5.83. The van der Waals surface area contributed by atoms with Gasteiger partial charge in [0, 0.05) is 19.5 Å².